The van der Waals surface area contributed by atoms with Gasteiger partial charge < -0.3 is 14.0 Å². The van der Waals surface area contributed by atoms with Crippen LogP contribution in [-0.2, 0) is 37.9 Å². The maximum Gasteiger partial charge on any atom is 0.339 e. The summed E-state index contributed by atoms with van der Waals surface area (Å²) in [6.45, 7) is 4.43. The van der Waals surface area contributed by atoms with E-state index in [9.17, 15) is 22.8 Å². The monoisotopic (exact) mass is 540 g/mol. The van der Waals surface area contributed by atoms with E-state index in [4.69, 9.17) is 4.74 Å². The lowest BCUT2D eigenvalue weighted by molar-refractivity contribution is -0.140. The number of carbonyl (C=O) groups is 2. The van der Waals surface area contributed by atoms with Crippen LogP contribution in [-0.4, -0.2) is 50.0 Å². The van der Waals surface area contributed by atoms with Crippen LogP contribution in [0.1, 0.15) is 32.4 Å². The Hall–Kier alpha value is -2.76. The zero-order valence-corrected chi connectivity index (χ0v) is 21.1. The number of esters is 2. The summed E-state index contributed by atoms with van der Waals surface area (Å²) in [6.07, 6.45) is 1.26. The van der Waals surface area contributed by atoms with Crippen molar-refractivity contribution in [1.29, 1.82) is 0 Å². The minimum atomic E-state index is -4.24. The molecule has 2 aromatic rings. The van der Waals surface area contributed by atoms with Crippen molar-refractivity contribution in [3.05, 3.63) is 80.2 Å². The first-order chi connectivity index (χ1) is 15.5. The van der Waals surface area contributed by atoms with Gasteiger partial charge >= 0.3 is 11.9 Å². The Balaban J connectivity index is 2.67. The topological polar surface area (TPSA) is 112 Å². The molecule has 0 aliphatic carbocycles. The average Bonchev–Trinajstić information content (AvgIpc) is 2.79. The largest absolute Gasteiger partial charge is 0.468 e. The van der Waals surface area contributed by atoms with Crippen LogP contribution in [0.5, 0.6) is 0 Å². The van der Waals surface area contributed by atoms with E-state index >= 15 is 0 Å². The molecule has 11 heteroatoms. The summed E-state index contributed by atoms with van der Waals surface area (Å²) in [4.78, 5) is 37.0. The average molecular weight is 541 g/mol. The van der Waals surface area contributed by atoms with Gasteiger partial charge in [-0.25, -0.2) is 13.2 Å². The highest BCUT2D eigenvalue weighted by Gasteiger charge is 2.35. The van der Waals surface area contributed by atoms with E-state index in [1.807, 2.05) is 6.92 Å². The first-order valence-electron chi connectivity index (χ1n) is 9.69. The van der Waals surface area contributed by atoms with Crippen molar-refractivity contribution in [3.63, 3.8) is 0 Å². The number of pyridine rings is 1. The van der Waals surface area contributed by atoms with Crippen LogP contribution in [0, 0.1) is 6.92 Å². The Morgan fingerprint density at radius 1 is 1.21 bits per heavy atom. The van der Waals surface area contributed by atoms with Crippen LogP contribution in [0.2, 0.25) is 0 Å². The summed E-state index contributed by atoms with van der Waals surface area (Å²) in [6, 6.07) is 8.10. The molecule has 1 unspecified atom stereocenters. The number of ether oxygens (including phenoxy) is 2. The molecule has 33 heavy (non-hydrogen) atoms. The van der Waals surface area contributed by atoms with Gasteiger partial charge in [0.2, 0.25) is 10.0 Å². The number of methoxy groups -OCH3 is 2. The highest BCUT2D eigenvalue weighted by Crippen LogP contribution is 2.29. The smallest absolute Gasteiger partial charge is 0.339 e. The summed E-state index contributed by atoms with van der Waals surface area (Å²) in [5.41, 5.74) is 0.921. The lowest BCUT2D eigenvalue weighted by Crippen LogP contribution is -2.40. The van der Waals surface area contributed by atoms with Crippen molar-refractivity contribution >= 4 is 37.9 Å². The molecule has 0 aliphatic heterocycles. The van der Waals surface area contributed by atoms with E-state index in [2.05, 4.69) is 27.2 Å². The number of halogens is 1. The molecular weight excluding hydrogens is 516 g/mol. The molecular formula is C22H25BrN2O7S. The summed E-state index contributed by atoms with van der Waals surface area (Å²) in [5.74, 6) is -1.58. The first kappa shape index (κ1) is 26.5. The van der Waals surface area contributed by atoms with Crippen molar-refractivity contribution in [2.45, 2.75) is 18.7 Å². The van der Waals surface area contributed by atoms with Crippen LogP contribution >= 0.6 is 15.9 Å². The maximum absolute atomic E-state index is 13.7. The van der Waals surface area contributed by atoms with Crippen LogP contribution in [0.15, 0.2) is 52.3 Å². The number of rotatable bonds is 9. The number of nitrogens with zero attached hydrogens (tertiary/aromatic N) is 2. The van der Waals surface area contributed by atoms with Gasteiger partial charge in [0.25, 0.3) is 5.56 Å². The van der Waals surface area contributed by atoms with Crippen molar-refractivity contribution < 1.29 is 27.5 Å². The molecule has 0 aliphatic rings. The third-order valence-electron chi connectivity index (χ3n) is 5.06. The van der Waals surface area contributed by atoms with Gasteiger partial charge in [-0.05, 0) is 34.5 Å². The first-order valence-corrected chi connectivity index (χ1v) is 12.0. The number of hydrogen-bond acceptors (Lipinski definition) is 7. The van der Waals surface area contributed by atoms with Crippen LogP contribution in [0.3, 0.4) is 0 Å². The molecule has 1 atom stereocenters. The van der Waals surface area contributed by atoms with Gasteiger partial charge in [-0.3, -0.25) is 9.59 Å². The van der Waals surface area contributed by atoms with Gasteiger partial charge in [-0.15, -0.1) is 6.58 Å². The molecule has 0 spiro atoms. The number of benzene rings is 1. The third-order valence-corrected chi connectivity index (χ3v) is 7.71. The maximum atomic E-state index is 13.7. The van der Waals surface area contributed by atoms with Crippen molar-refractivity contribution in [3.8, 4) is 0 Å². The Labute approximate surface area is 200 Å². The predicted molar refractivity (Wildman–Crippen MR) is 126 cm³/mol. The van der Waals surface area contributed by atoms with Crippen LogP contribution < -0.4 is 5.56 Å². The summed E-state index contributed by atoms with van der Waals surface area (Å²) < 4.78 is 38.9. The Bertz CT molecular complexity index is 1220. The zero-order valence-electron chi connectivity index (χ0n) is 18.7. The molecule has 1 aromatic heterocycles. The lowest BCUT2D eigenvalue weighted by Gasteiger charge is -2.27. The standard InChI is InChI=1S/C22H25BrN2O7S/c1-6-19(15-9-7-14(2)8-10-15)33(29,30)25(13-20(26)31-4)12-18-16(22(28)32-5)11-17(23)21(27)24(18)3/h6-11,19H,1,12-13H2,2-5H3. The second-order valence-electron chi connectivity index (χ2n) is 7.16. The van der Waals surface area contributed by atoms with E-state index in [-0.39, 0.29) is 15.7 Å². The van der Waals surface area contributed by atoms with Gasteiger partial charge in [0.1, 0.15) is 11.8 Å². The Kier molecular flexibility index (Phi) is 8.76. The van der Waals surface area contributed by atoms with Gasteiger partial charge in [0.05, 0.1) is 36.5 Å². The zero-order chi connectivity index (χ0) is 24.9. The molecule has 0 saturated heterocycles. The number of sulfonamides is 1. The second kappa shape index (κ2) is 10.9. The summed E-state index contributed by atoms with van der Waals surface area (Å²) >= 11 is 3.10. The highest BCUT2D eigenvalue weighted by molar-refractivity contribution is 9.10. The molecule has 9 nitrogen and oxygen atoms in total. The quantitative estimate of drug-likeness (QED) is 0.354. The molecule has 0 N–H and O–H groups in total. The predicted octanol–water partition coefficient (Wildman–Crippen LogP) is 2.47. The fourth-order valence-electron chi connectivity index (χ4n) is 3.17. The molecule has 0 amide bonds. The van der Waals surface area contributed by atoms with Crippen molar-refractivity contribution in [1.82, 2.24) is 8.87 Å². The molecule has 1 aromatic carbocycles. The van der Waals surface area contributed by atoms with Crippen molar-refractivity contribution in [2.24, 2.45) is 7.05 Å². The van der Waals surface area contributed by atoms with Crippen LogP contribution in [0.25, 0.3) is 0 Å². The number of carbonyl (C=O) groups excluding carboxylic acids is 2. The molecule has 0 radical (unpaired) electrons. The SMILES string of the molecule is C=CC(c1ccc(C)cc1)S(=O)(=O)N(CC(=O)OC)Cc1c(C(=O)OC)cc(Br)c(=O)n1C. The van der Waals surface area contributed by atoms with Gasteiger partial charge in [-0.2, -0.15) is 4.31 Å². The van der Waals surface area contributed by atoms with Gasteiger partial charge in [0.15, 0.2) is 0 Å². The van der Waals surface area contributed by atoms with Gasteiger partial charge in [-0.1, -0.05) is 35.9 Å². The van der Waals surface area contributed by atoms with E-state index in [0.29, 0.717) is 5.56 Å². The van der Waals surface area contributed by atoms with Gasteiger partial charge in [0, 0.05) is 7.05 Å². The van der Waals surface area contributed by atoms with E-state index < -0.39 is 45.9 Å². The fraction of sp³-hybridized carbons (Fsp3) is 0.318. The lowest BCUT2D eigenvalue weighted by atomic mass is 10.1. The Morgan fingerprint density at radius 2 is 1.82 bits per heavy atom. The van der Waals surface area contributed by atoms with Crippen molar-refractivity contribution in [2.75, 3.05) is 20.8 Å². The second-order valence-corrected chi connectivity index (χ2v) is 10.1. The normalized spacial score (nSPS) is 12.3. The Morgan fingerprint density at radius 3 is 2.33 bits per heavy atom. The van der Waals surface area contributed by atoms with E-state index in [0.717, 1.165) is 21.5 Å². The number of aryl methyl sites for hydroxylation is 1. The minimum Gasteiger partial charge on any atom is -0.468 e. The highest BCUT2D eigenvalue weighted by atomic mass is 79.9. The minimum absolute atomic E-state index is 0.0259. The molecule has 0 fully saturated rings. The molecule has 0 bridgehead atoms. The summed E-state index contributed by atoms with van der Waals surface area (Å²) in [5, 5.41) is -1.18. The number of aromatic nitrogens is 1. The fourth-order valence-corrected chi connectivity index (χ4v) is 5.32. The van der Waals surface area contributed by atoms with E-state index in [1.165, 1.54) is 26.3 Å². The molecule has 1 heterocycles. The molecule has 0 saturated carbocycles. The summed E-state index contributed by atoms with van der Waals surface area (Å²) in [7, 11) is -0.546. The van der Waals surface area contributed by atoms with Crippen LogP contribution in [0.4, 0.5) is 0 Å². The number of hydrogen-bond donors (Lipinski definition) is 0. The third kappa shape index (κ3) is 5.79. The molecule has 178 valence electrons. The van der Waals surface area contributed by atoms with E-state index in [1.54, 1.807) is 24.3 Å². The molecule has 2 rings (SSSR count).